The Hall–Kier alpha value is -0.160. The Labute approximate surface area is 124 Å². The number of unbranched alkanes of at least 4 members (excludes halogenated alkanes) is 6. The third-order valence-corrected chi connectivity index (χ3v) is 3.34. The molecule has 1 unspecified atom stereocenters. The quantitative estimate of drug-likeness (QED) is 0.213. The summed E-state index contributed by atoms with van der Waals surface area (Å²) in [4.78, 5) is 10.1. The lowest BCUT2D eigenvalue weighted by atomic mass is 10.0. The van der Waals surface area contributed by atoms with Gasteiger partial charge in [0.15, 0.2) is 0 Å². The van der Waals surface area contributed by atoms with Crippen molar-refractivity contribution < 1.29 is 19.9 Å². The fourth-order valence-electron chi connectivity index (χ4n) is 1.98. The highest BCUT2D eigenvalue weighted by atomic mass is 17.7. The molecule has 0 N–H and O–H groups in total. The van der Waals surface area contributed by atoms with Crippen LogP contribution in [0.15, 0.2) is 0 Å². The second kappa shape index (κ2) is 16.9. The maximum atomic E-state index is 5.28. The van der Waals surface area contributed by atoms with Crippen LogP contribution in [0.5, 0.6) is 0 Å². The summed E-state index contributed by atoms with van der Waals surface area (Å²) in [5.74, 6) is 0. The Morgan fingerprint density at radius 2 is 1.30 bits per heavy atom. The fourth-order valence-corrected chi connectivity index (χ4v) is 1.98. The zero-order chi connectivity index (χ0) is 14.9. The molecule has 0 amide bonds. The van der Waals surface area contributed by atoms with Crippen molar-refractivity contribution in [2.45, 2.75) is 97.5 Å². The van der Waals surface area contributed by atoms with Gasteiger partial charge in [-0.25, -0.2) is 9.78 Å². The highest BCUT2D eigenvalue weighted by molar-refractivity contribution is 4.57. The molecule has 0 saturated heterocycles. The molecule has 0 spiro atoms. The van der Waals surface area contributed by atoms with Crippen molar-refractivity contribution in [3.8, 4) is 0 Å². The minimum atomic E-state index is 0.117. The Bertz CT molecular complexity index is 176. The predicted octanol–water partition coefficient (Wildman–Crippen LogP) is 5.52. The molecule has 0 aliphatic rings. The van der Waals surface area contributed by atoms with Crippen LogP contribution in [-0.2, 0) is 19.9 Å². The zero-order valence-electron chi connectivity index (χ0n) is 13.7. The average Bonchev–Trinajstić information content (AvgIpc) is 2.47. The second-order valence-corrected chi connectivity index (χ2v) is 5.37. The van der Waals surface area contributed by atoms with E-state index in [1.165, 1.54) is 38.5 Å². The van der Waals surface area contributed by atoms with Crippen LogP contribution in [0.1, 0.15) is 91.4 Å². The van der Waals surface area contributed by atoms with Crippen LogP contribution in [0.3, 0.4) is 0 Å². The van der Waals surface area contributed by atoms with Crippen LogP contribution in [0, 0.1) is 0 Å². The Morgan fingerprint density at radius 1 is 0.650 bits per heavy atom. The van der Waals surface area contributed by atoms with Crippen LogP contribution in [0.4, 0.5) is 0 Å². The summed E-state index contributed by atoms with van der Waals surface area (Å²) in [6, 6.07) is 0. The molecule has 4 heteroatoms. The van der Waals surface area contributed by atoms with Crippen molar-refractivity contribution >= 4 is 0 Å². The van der Waals surface area contributed by atoms with Gasteiger partial charge < -0.3 is 0 Å². The van der Waals surface area contributed by atoms with Crippen molar-refractivity contribution in [1.29, 1.82) is 0 Å². The molecule has 0 heterocycles. The lowest BCUT2D eigenvalue weighted by molar-refractivity contribution is -0.642. The molecular weight excluding hydrogens is 256 g/mol. The summed E-state index contributed by atoms with van der Waals surface area (Å²) in [7, 11) is 0. The SMILES string of the molecule is CCCCCCCC(CCCC)OOOOCCCC. The van der Waals surface area contributed by atoms with Crippen LogP contribution < -0.4 is 0 Å². The minimum absolute atomic E-state index is 0.117. The highest BCUT2D eigenvalue weighted by Gasteiger charge is 2.10. The van der Waals surface area contributed by atoms with Gasteiger partial charge in [0.05, 0.1) is 12.7 Å². The van der Waals surface area contributed by atoms with E-state index >= 15 is 0 Å². The Kier molecular flexibility index (Phi) is 16.8. The summed E-state index contributed by atoms with van der Waals surface area (Å²) >= 11 is 0. The summed E-state index contributed by atoms with van der Waals surface area (Å²) in [5, 5.41) is 9.26. The van der Waals surface area contributed by atoms with E-state index in [2.05, 4.69) is 25.8 Å². The Morgan fingerprint density at radius 3 is 2.00 bits per heavy atom. The summed E-state index contributed by atoms with van der Waals surface area (Å²) < 4.78 is 0. The van der Waals surface area contributed by atoms with Crippen LogP contribution >= 0.6 is 0 Å². The van der Waals surface area contributed by atoms with Crippen LogP contribution in [0.2, 0.25) is 0 Å². The molecular formula is C16H34O4. The molecule has 4 nitrogen and oxygen atoms in total. The van der Waals surface area contributed by atoms with Crippen LogP contribution in [-0.4, -0.2) is 12.7 Å². The van der Waals surface area contributed by atoms with Gasteiger partial charge in [0.25, 0.3) is 0 Å². The Balaban J connectivity index is 3.56. The highest BCUT2D eigenvalue weighted by Crippen LogP contribution is 2.15. The third-order valence-electron chi connectivity index (χ3n) is 3.34. The predicted molar refractivity (Wildman–Crippen MR) is 80.8 cm³/mol. The third kappa shape index (κ3) is 14.3. The summed E-state index contributed by atoms with van der Waals surface area (Å²) in [6.45, 7) is 7.05. The van der Waals surface area contributed by atoms with E-state index in [1.54, 1.807) is 0 Å². The normalized spacial score (nSPS) is 12.8. The number of hydrogen-bond acceptors (Lipinski definition) is 4. The first kappa shape index (κ1) is 19.8. The molecule has 0 bridgehead atoms. The van der Waals surface area contributed by atoms with Crippen molar-refractivity contribution in [1.82, 2.24) is 0 Å². The standard InChI is InChI=1S/C16H34O4/c1-4-7-10-11-12-14-16(13-8-5-2)18-20-19-17-15-9-6-3/h16H,4-15H2,1-3H3. The van der Waals surface area contributed by atoms with E-state index in [0.717, 1.165) is 32.1 Å². The molecule has 0 rings (SSSR count). The van der Waals surface area contributed by atoms with E-state index in [1.807, 2.05) is 0 Å². The van der Waals surface area contributed by atoms with Gasteiger partial charge in [0.2, 0.25) is 0 Å². The fraction of sp³-hybridized carbons (Fsp3) is 1.00. The second-order valence-electron chi connectivity index (χ2n) is 5.37. The largest absolute Gasteiger partial charge is 0.204 e. The number of hydrogen-bond donors (Lipinski definition) is 0. The first-order valence-corrected chi connectivity index (χ1v) is 8.46. The van der Waals surface area contributed by atoms with Gasteiger partial charge in [-0.3, -0.25) is 0 Å². The maximum Gasteiger partial charge on any atom is 0.0962 e. The van der Waals surface area contributed by atoms with Gasteiger partial charge in [0.1, 0.15) is 0 Å². The molecule has 122 valence electrons. The molecule has 0 aliphatic heterocycles. The number of rotatable bonds is 16. The van der Waals surface area contributed by atoms with Gasteiger partial charge >= 0.3 is 0 Å². The first-order chi connectivity index (χ1) is 9.85. The first-order valence-electron chi connectivity index (χ1n) is 8.46. The molecule has 1 atom stereocenters. The lowest BCUT2D eigenvalue weighted by Gasteiger charge is -2.14. The monoisotopic (exact) mass is 290 g/mol. The van der Waals surface area contributed by atoms with Gasteiger partial charge in [-0.15, -0.1) is 0 Å². The van der Waals surface area contributed by atoms with E-state index in [4.69, 9.17) is 14.8 Å². The van der Waals surface area contributed by atoms with Gasteiger partial charge in [-0.1, -0.05) is 72.1 Å². The van der Waals surface area contributed by atoms with E-state index < -0.39 is 0 Å². The lowest BCUT2D eigenvalue weighted by Crippen LogP contribution is -2.14. The molecule has 0 radical (unpaired) electrons. The summed E-state index contributed by atoms with van der Waals surface area (Å²) in [6.07, 6.45) is 12.9. The van der Waals surface area contributed by atoms with E-state index in [0.29, 0.717) is 6.61 Å². The smallest absolute Gasteiger partial charge is 0.0962 e. The molecule has 0 aromatic rings. The molecule has 0 aromatic heterocycles. The molecule has 20 heavy (non-hydrogen) atoms. The van der Waals surface area contributed by atoms with Crippen molar-refractivity contribution in [2.75, 3.05) is 6.61 Å². The van der Waals surface area contributed by atoms with Crippen LogP contribution in [0.25, 0.3) is 0 Å². The molecule has 0 fully saturated rings. The van der Waals surface area contributed by atoms with E-state index in [-0.39, 0.29) is 6.10 Å². The zero-order valence-corrected chi connectivity index (χ0v) is 13.7. The van der Waals surface area contributed by atoms with Gasteiger partial charge in [-0.05, 0) is 29.3 Å². The van der Waals surface area contributed by atoms with Gasteiger partial charge in [0, 0.05) is 0 Å². The van der Waals surface area contributed by atoms with Crippen molar-refractivity contribution in [2.24, 2.45) is 0 Å². The van der Waals surface area contributed by atoms with E-state index in [9.17, 15) is 0 Å². The van der Waals surface area contributed by atoms with Gasteiger partial charge in [-0.2, -0.15) is 0 Å². The van der Waals surface area contributed by atoms with Crippen molar-refractivity contribution in [3.05, 3.63) is 0 Å². The maximum absolute atomic E-state index is 5.28. The van der Waals surface area contributed by atoms with Crippen molar-refractivity contribution in [3.63, 3.8) is 0 Å². The molecule has 0 saturated carbocycles. The molecule has 0 aliphatic carbocycles. The molecule has 0 aromatic carbocycles. The minimum Gasteiger partial charge on any atom is -0.204 e. The summed E-state index contributed by atoms with van der Waals surface area (Å²) in [5.41, 5.74) is 0. The average molecular weight is 290 g/mol. The topological polar surface area (TPSA) is 36.9 Å².